The topological polar surface area (TPSA) is 29.5 Å². The van der Waals surface area contributed by atoms with Gasteiger partial charge in [0.05, 0.1) is 11.6 Å². The molecule has 0 saturated heterocycles. The summed E-state index contributed by atoms with van der Waals surface area (Å²) in [6.07, 6.45) is -0.819. The molecular weight excluding hydrogens is 395 g/mol. The van der Waals surface area contributed by atoms with E-state index in [9.17, 15) is 5.11 Å². The fourth-order valence-corrected chi connectivity index (χ4v) is 3.36. The van der Waals surface area contributed by atoms with E-state index >= 15 is 0 Å². The average Bonchev–Trinajstić information content (AvgIpc) is 2.37. The van der Waals surface area contributed by atoms with Gasteiger partial charge >= 0.3 is 0 Å². The molecule has 2 aromatic carbocycles. The summed E-state index contributed by atoms with van der Waals surface area (Å²) in [6.45, 7) is 0. The Morgan fingerprint density at radius 1 is 1.11 bits per heavy atom. The van der Waals surface area contributed by atoms with Crippen molar-refractivity contribution in [2.24, 2.45) is 0 Å². The zero-order valence-corrected chi connectivity index (χ0v) is 14.0. The largest absolute Gasteiger partial charge is 0.495 e. The van der Waals surface area contributed by atoms with Crippen LogP contribution in [0.25, 0.3) is 0 Å². The normalized spacial score (nSPS) is 12.3. The summed E-state index contributed by atoms with van der Waals surface area (Å²) in [7, 11) is 1.56. The summed E-state index contributed by atoms with van der Waals surface area (Å²) in [5.41, 5.74) is 1.38. The standard InChI is InChI=1S/C14H11Br2ClO2/c1-19-14-10(6-8(17)7-12(14)16)13(18)9-4-2-3-5-11(9)15/h2-7,13,18H,1H3. The summed E-state index contributed by atoms with van der Waals surface area (Å²) in [5, 5.41) is 11.1. The van der Waals surface area contributed by atoms with E-state index in [1.807, 2.05) is 24.3 Å². The summed E-state index contributed by atoms with van der Waals surface area (Å²) in [4.78, 5) is 0. The molecule has 1 atom stereocenters. The number of hydrogen-bond acceptors (Lipinski definition) is 2. The van der Waals surface area contributed by atoms with Gasteiger partial charge in [0.15, 0.2) is 0 Å². The van der Waals surface area contributed by atoms with E-state index in [1.165, 1.54) is 0 Å². The molecule has 0 bridgehead atoms. The summed E-state index contributed by atoms with van der Waals surface area (Å²) in [5.74, 6) is 0.577. The molecule has 2 nitrogen and oxygen atoms in total. The third kappa shape index (κ3) is 3.14. The average molecular weight is 407 g/mol. The highest BCUT2D eigenvalue weighted by Gasteiger charge is 2.20. The Labute approximate surface area is 133 Å². The van der Waals surface area contributed by atoms with Gasteiger partial charge in [0.1, 0.15) is 11.9 Å². The minimum absolute atomic E-state index is 0.536. The van der Waals surface area contributed by atoms with E-state index in [-0.39, 0.29) is 0 Å². The minimum Gasteiger partial charge on any atom is -0.495 e. The fourth-order valence-electron chi connectivity index (χ4n) is 1.86. The second-order valence-corrected chi connectivity index (χ2v) is 6.08. The number of rotatable bonds is 3. The Kier molecular flexibility index (Phi) is 4.90. The van der Waals surface area contributed by atoms with E-state index in [0.29, 0.717) is 20.8 Å². The SMILES string of the molecule is COc1c(Br)cc(Cl)cc1C(O)c1ccccc1Br. The van der Waals surface area contributed by atoms with E-state index in [2.05, 4.69) is 31.9 Å². The first-order valence-corrected chi connectivity index (χ1v) is 7.46. The van der Waals surface area contributed by atoms with Gasteiger partial charge in [-0.3, -0.25) is 0 Å². The Balaban J connectivity index is 2.55. The fraction of sp³-hybridized carbons (Fsp3) is 0.143. The molecule has 5 heteroatoms. The van der Waals surface area contributed by atoms with Crippen molar-refractivity contribution in [2.75, 3.05) is 7.11 Å². The highest BCUT2D eigenvalue weighted by molar-refractivity contribution is 9.10. The molecule has 0 fully saturated rings. The van der Waals surface area contributed by atoms with Crippen LogP contribution < -0.4 is 4.74 Å². The van der Waals surface area contributed by atoms with E-state index < -0.39 is 6.10 Å². The van der Waals surface area contributed by atoms with Crippen molar-refractivity contribution in [2.45, 2.75) is 6.10 Å². The second kappa shape index (κ2) is 6.27. The lowest BCUT2D eigenvalue weighted by Crippen LogP contribution is -2.04. The van der Waals surface area contributed by atoms with Crippen LogP contribution in [-0.2, 0) is 0 Å². The van der Waals surface area contributed by atoms with Crippen molar-refractivity contribution in [1.29, 1.82) is 0 Å². The molecule has 0 aromatic heterocycles. The lowest BCUT2D eigenvalue weighted by Gasteiger charge is -2.18. The molecule has 0 amide bonds. The van der Waals surface area contributed by atoms with Crippen LogP contribution in [0, 0.1) is 0 Å². The Bertz CT molecular complexity index is 602. The zero-order chi connectivity index (χ0) is 14.0. The predicted octanol–water partition coefficient (Wildman–Crippen LogP) is 4.96. The summed E-state index contributed by atoms with van der Waals surface area (Å²) < 4.78 is 6.88. The van der Waals surface area contributed by atoms with Crippen molar-refractivity contribution < 1.29 is 9.84 Å². The highest BCUT2D eigenvalue weighted by Crippen LogP contribution is 2.39. The first-order chi connectivity index (χ1) is 9.04. The van der Waals surface area contributed by atoms with Crippen molar-refractivity contribution in [1.82, 2.24) is 0 Å². The summed E-state index contributed by atoms with van der Waals surface area (Å²) in [6, 6.07) is 10.9. The molecule has 0 heterocycles. The molecule has 0 aliphatic carbocycles. The monoisotopic (exact) mass is 404 g/mol. The van der Waals surface area contributed by atoms with Gasteiger partial charge < -0.3 is 9.84 Å². The van der Waals surface area contributed by atoms with Crippen molar-refractivity contribution in [3.8, 4) is 5.75 Å². The van der Waals surface area contributed by atoms with E-state index in [4.69, 9.17) is 16.3 Å². The molecule has 0 aliphatic rings. The van der Waals surface area contributed by atoms with Crippen molar-refractivity contribution in [3.05, 3.63) is 61.5 Å². The molecule has 0 saturated carbocycles. The molecule has 2 aromatic rings. The van der Waals surface area contributed by atoms with Gasteiger partial charge in [0, 0.05) is 15.1 Å². The maximum atomic E-state index is 10.5. The Hall–Kier alpha value is -0.550. The lowest BCUT2D eigenvalue weighted by molar-refractivity contribution is 0.214. The summed E-state index contributed by atoms with van der Waals surface area (Å²) >= 11 is 12.9. The molecule has 2 rings (SSSR count). The Morgan fingerprint density at radius 2 is 1.79 bits per heavy atom. The third-order valence-corrected chi connectivity index (χ3v) is 4.27. The first-order valence-electron chi connectivity index (χ1n) is 5.50. The van der Waals surface area contributed by atoms with E-state index in [0.717, 1.165) is 10.0 Å². The number of hydrogen-bond donors (Lipinski definition) is 1. The molecule has 100 valence electrons. The van der Waals surface area contributed by atoms with Crippen LogP contribution in [-0.4, -0.2) is 12.2 Å². The highest BCUT2D eigenvalue weighted by atomic mass is 79.9. The maximum Gasteiger partial charge on any atom is 0.139 e. The number of halogens is 3. The number of methoxy groups -OCH3 is 1. The van der Waals surface area contributed by atoms with Gasteiger partial charge in [0.2, 0.25) is 0 Å². The van der Waals surface area contributed by atoms with Crippen molar-refractivity contribution in [3.63, 3.8) is 0 Å². The molecule has 1 unspecified atom stereocenters. The molecule has 19 heavy (non-hydrogen) atoms. The van der Waals surface area contributed by atoms with E-state index in [1.54, 1.807) is 19.2 Å². The second-order valence-electron chi connectivity index (χ2n) is 3.93. The van der Waals surface area contributed by atoms with Crippen LogP contribution in [0.15, 0.2) is 45.3 Å². The third-order valence-electron chi connectivity index (χ3n) is 2.74. The van der Waals surface area contributed by atoms with Gasteiger partial charge in [-0.1, -0.05) is 45.7 Å². The van der Waals surface area contributed by atoms with Gasteiger partial charge in [-0.25, -0.2) is 0 Å². The van der Waals surface area contributed by atoms with Gasteiger partial charge in [-0.2, -0.15) is 0 Å². The van der Waals surface area contributed by atoms with Gasteiger partial charge in [-0.15, -0.1) is 0 Å². The zero-order valence-electron chi connectivity index (χ0n) is 10.0. The number of aliphatic hydroxyl groups is 1. The molecule has 1 N–H and O–H groups in total. The molecular formula is C14H11Br2ClO2. The van der Waals surface area contributed by atoms with Crippen LogP contribution in [0.4, 0.5) is 0 Å². The van der Waals surface area contributed by atoms with Gasteiger partial charge in [0.25, 0.3) is 0 Å². The number of aliphatic hydroxyl groups excluding tert-OH is 1. The smallest absolute Gasteiger partial charge is 0.139 e. The minimum atomic E-state index is -0.819. The molecule has 0 aliphatic heterocycles. The van der Waals surface area contributed by atoms with Crippen LogP contribution in [0.2, 0.25) is 5.02 Å². The molecule has 0 spiro atoms. The van der Waals surface area contributed by atoms with Gasteiger partial charge in [-0.05, 0) is 39.7 Å². The molecule has 0 radical (unpaired) electrons. The lowest BCUT2D eigenvalue weighted by atomic mass is 10.0. The quantitative estimate of drug-likeness (QED) is 0.781. The van der Waals surface area contributed by atoms with Crippen LogP contribution in [0.5, 0.6) is 5.75 Å². The van der Waals surface area contributed by atoms with Crippen LogP contribution in [0.3, 0.4) is 0 Å². The first kappa shape index (κ1) is 14.9. The van der Waals surface area contributed by atoms with Crippen LogP contribution >= 0.6 is 43.5 Å². The van der Waals surface area contributed by atoms with Crippen molar-refractivity contribution >= 4 is 43.5 Å². The predicted molar refractivity (Wildman–Crippen MR) is 83.9 cm³/mol. The van der Waals surface area contributed by atoms with Crippen LogP contribution in [0.1, 0.15) is 17.2 Å². The Morgan fingerprint density at radius 3 is 2.42 bits per heavy atom. The number of benzene rings is 2. The maximum absolute atomic E-state index is 10.5. The number of ether oxygens (including phenoxy) is 1.